The molecule has 2 saturated heterocycles. The maximum absolute atomic E-state index is 12.6. The molecule has 2 fully saturated rings. The van der Waals surface area contributed by atoms with E-state index in [1.54, 1.807) is 17.0 Å². The Kier molecular flexibility index (Phi) is 5.39. The van der Waals surface area contributed by atoms with Gasteiger partial charge in [-0.05, 0) is 36.4 Å². The minimum Gasteiger partial charge on any atom is -0.368 e. The maximum atomic E-state index is 12.6. The second-order valence-corrected chi connectivity index (χ2v) is 7.58. The summed E-state index contributed by atoms with van der Waals surface area (Å²) in [5.74, 6) is 0.0153. The van der Waals surface area contributed by atoms with E-state index in [9.17, 15) is 9.59 Å². The summed E-state index contributed by atoms with van der Waals surface area (Å²) in [6, 6.07) is 17.1. The van der Waals surface area contributed by atoms with Crippen molar-refractivity contribution in [1.29, 1.82) is 0 Å². The van der Waals surface area contributed by atoms with Gasteiger partial charge in [-0.3, -0.25) is 4.79 Å². The molecule has 4 rings (SSSR count). The van der Waals surface area contributed by atoms with Crippen LogP contribution in [-0.4, -0.2) is 55.6 Å². The molecule has 0 aliphatic carbocycles. The highest BCUT2D eigenvalue weighted by atomic mass is 35.5. The SMILES string of the molecule is O=C(N[C@@H]1CC(=O)N(c2ccc(Cl)cc2)C1)N1CCN(c2ccccc2)CC1. The van der Waals surface area contributed by atoms with E-state index in [1.807, 2.05) is 35.2 Å². The molecule has 3 amide bonds. The first-order valence-corrected chi connectivity index (χ1v) is 9.89. The van der Waals surface area contributed by atoms with Crippen LogP contribution in [0.5, 0.6) is 0 Å². The number of amides is 3. The molecule has 2 heterocycles. The van der Waals surface area contributed by atoms with Crippen LogP contribution in [0.25, 0.3) is 0 Å². The molecule has 1 atom stereocenters. The van der Waals surface area contributed by atoms with Gasteiger partial charge in [-0.2, -0.15) is 0 Å². The lowest BCUT2D eigenvalue weighted by atomic mass is 10.2. The fraction of sp³-hybridized carbons (Fsp3) is 0.333. The predicted molar refractivity (Wildman–Crippen MR) is 111 cm³/mol. The van der Waals surface area contributed by atoms with Crippen LogP contribution in [0.4, 0.5) is 16.2 Å². The first-order valence-electron chi connectivity index (χ1n) is 9.51. The van der Waals surface area contributed by atoms with E-state index in [1.165, 1.54) is 5.69 Å². The first kappa shape index (κ1) is 18.6. The summed E-state index contributed by atoms with van der Waals surface area (Å²) in [6.45, 7) is 3.43. The fourth-order valence-corrected chi connectivity index (χ4v) is 3.87. The predicted octanol–water partition coefficient (Wildman–Crippen LogP) is 2.98. The third-order valence-electron chi connectivity index (χ3n) is 5.28. The van der Waals surface area contributed by atoms with Crippen molar-refractivity contribution >= 4 is 34.9 Å². The van der Waals surface area contributed by atoms with Gasteiger partial charge in [0.25, 0.3) is 0 Å². The van der Waals surface area contributed by atoms with E-state index in [4.69, 9.17) is 11.6 Å². The molecule has 0 saturated carbocycles. The summed E-state index contributed by atoms with van der Waals surface area (Å²) in [5.41, 5.74) is 1.99. The zero-order chi connectivity index (χ0) is 19.5. The Hall–Kier alpha value is -2.73. The lowest BCUT2D eigenvalue weighted by Gasteiger charge is -2.36. The molecule has 2 aromatic rings. The van der Waals surface area contributed by atoms with Gasteiger partial charge in [0.05, 0.1) is 6.04 Å². The number of rotatable bonds is 3. The highest BCUT2D eigenvalue weighted by Gasteiger charge is 2.33. The molecular weight excluding hydrogens is 376 g/mol. The Morgan fingerprint density at radius 2 is 1.61 bits per heavy atom. The number of hydrogen-bond acceptors (Lipinski definition) is 3. The van der Waals surface area contributed by atoms with Crippen molar-refractivity contribution in [2.75, 3.05) is 42.5 Å². The highest BCUT2D eigenvalue weighted by Crippen LogP contribution is 2.23. The molecule has 2 aromatic carbocycles. The van der Waals surface area contributed by atoms with Crippen LogP contribution in [0.3, 0.4) is 0 Å². The van der Waals surface area contributed by atoms with E-state index < -0.39 is 0 Å². The topological polar surface area (TPSA) is 55.9 Å². The van der Waals surface area contributed by atoms with Gasteiger partial charge in [-0.25, -0.2) is 4.79 Å². The van der Waals surface area contributed by atoms with E-state index in [-0.39, 0.29) is 18.0 Å². The van der Waals surface area contributed by atoms with Crippen LogP contribution in [0.1, 0.15) is 6.42 Å². The number of nitrogens with one attached hydrogen (secondary N) is 1. The standard InChI is InChI=1S/C21H23ClN4O2/c22-16-6-8-19(9-7-16)26-15-17(14-20(26)27)23-21(28)25-12-10-24(11-13-25)18-4-2-1-3-5-18/h1-9,17H,10-15H2,(H,23,28)/t17-/m1/s1. The zero-order valence-corrected chi connectivity index (χ0v) is 16.3. The van der Waals surface area contributed by atoms with Crippen LogP contribution in [0.15, 0.2) is 54.6 Å². The molecule has 0 aromatic heterocycles. The molecule has 2 aliphatic heterocycles. The smallest absolute Gasteiger partial charge is 0.317 e. The van der Waals surface area contributed by atoms with Crippen LogP contribution in [0, 0.1) is 0 Å². The summed E-state index contributed by atoms with van der Waals surface area (Å²) in [5, 5.41) is 3.66. The van der Waals surface area contributed by atoms with Crippen LogP contribution in [-0.2, 0) is 4.79 Å². The third kappa shape index (κ3) is 4.07. The van der Waals surface area contributed by atoms with Crippen molar-refractivity contribution in [3.05, 3.63) is 59.6 Å². The van der Waals surface area contributed by atoms with Gasteiger partial charge in [0, 0.05) is 55.5 Å². The van der Waals surface area contributed by atoms with Crippen LogP contribution in [0.2, 0.25) is 5.02 Å². The minimum absolute atomic E-state index is 0.0153. The molecule has 0 bridgehead atoms. The average molecular weight is 399 g/mol. The Morgan fingerprint density at radius 1 is 0.929 bits per heavy atom. The number of para-hydroxylation sites is 1. The molecule has 7 heteroatoms. The molecule has 0 radical (unpaired) electrons. The first-order chi connectivity index (χ1) is 13.6. The second kappa shape index (κ2) is 8.10. The van der Waals surface area contributed by atoms with Crippen molar-refractivity contribution in [1.82, 2.24) is 10.2 Å². The zero-order valence-electron chi connectivity index (χ0n) is 15.6. The summed E-state index contributed by atoms with van der Waals surface area (Å²) >= 11 is 5.92. The lowest BCUT2D eigenvalue weighted by molar-refractivity contribution is -0.117. The molecule has 6 nitrogen and oxygen atoms in total. The van der Waals surface area contributed by atoms with Crippen molar-refractivity contribution in [2.24, 2.45) is 0 Å². The largest absolute Gasteiger partial charge is 0.368 e. The van der Waals surface area contributed by atoms with Crippen molar-refractivity contribution in [3.8, 4) is 0 Å². The molecule has 2 aliphatic rings. The van der Waals surface area contributed by atoms with Gasteiger partial charge in [-0.15, -0.1) is 0 Å². The lowest BCUT2D eigenvalue weighted by Crippen LogP contribution is -2.53. The Morgan fingerprint density at radius 3 is 2.29 bits per heavy atom. The van der Waals surface area contributed by atoms with Crippen LogP contribution < -0.4 is 15.1 Å². The fourth-order valence-electron chi connectivity index (χ4n) is 3.75. The van der Waals surface area contributed by atoms with E-state index in [2.05, 4.69) is 22.3 Å². The Labute approximate surface area is 169 Å². The number of hydrogen-bond donors (Lipinski definition) is 1. The molecule has 0 spiro atoms. The average Bonchev–Trinajstić information content (AvgIpc) is 3.09. The van der Waals surface area contributed by atoms with E-state index in [0.29, 0.717) is 31.1 Å². The summed E-state index contributed by atoms with van der Waals surface area (Å²) in [7, 11) is 0. The highest BCUT2D eigenvalue weighted by molar-refractivity contribution is 6.30. The molecule has 1 N–H and O–H groups in total. The van der Waals surface area contributed by atoms with E-state index >= 15 is 0 Å². The maximum Gasteiger partial charge on any atom is 0.317 e. The minimum atomic E-state index is -0.178. The number of nitrogens with zero attached hydrogens (tertiary/aromatic N) is 3. The number of piperazine rings is 1. The van der Waals surface area contributed by atoms with E-state index in [0.717, 1.165) is 18.8 Å². The third-order valence-corrected chi connectivity index (χ3v) is 5.53. The number of benzene rings is 2. The van der Waals surface area contributed by atoms with Gasteiger partial charge < -0.3 is 20.0 Å². The van der Waals surface area contributed by atoms with Gasteiger partial charge >= 0.3 is 6.03 Å². The van der Waals surface area contributed by atoms with Crippen molar-refractivity contribution in [2.45, 2.75) is 12.5 Å². The Bertz CT molecular complexity index is 835. The number of carbonyl (C=O) groups excluding carboxylic acids is 2. The van der Waals surface area contributed by atoms with Crippen LogP contribution >= 0.6 is 11.6 Å². The van der Waals surface area contributed by atoms with Crippen molar-refractivity contribution < 1.29 is 9.59 Å². The van der Waals surface area contributed by atoms with Gasteiger partial charge in [0.2, 0.25) is 5.91 Å². The quantitative estimate of drug-likeness (QED) is 0.864. The second-order valence-electron chi connectivity index (χ2n) is 7.14. The molecule has 0 unspecified atom stereocenters. The van der Waals surface area contributed by atoms with Crippen molar-refractivity contribution in [3.63, 3.8) is 0 Å². The monoisotopic (exact) mass is 398 g/mol. The number of halogens is 1. The number of anilines is 2. The normalized spacial score (nSPS) is 19.8. The Balaban J connectivity index is 1.30. The summed E-state index contributed by atoms with van der Waals surface area (Å²) < 4.78 is 0. The van der Waals surface area contributed by atoms with Gasteiger partial charge in [0.15, 0.2) is 0 Å². The van der Waals surface area contributed by atoms with Gasteiger partial charge in [0.1, 0.15) is 0 Å². The molecule has 146 valence electrons. The summed E-state index contributed by atoms with van der Waals surface area (Å²) in [4.78, 5) is 30.8. The number of carbonyl (C=O) groups is 2. The van der Waals surface area contributed by atoms with Gasteiger partial charge in [-0.1, -0.05) is 29.8 Å². The summed E-state index contributed by atoms with van der Waals surface area (Å²) in [6.07, 6.45) is 0.318. The number of urea groups is 1. The molecule has 28 heavy (non-hydrogen) atoms. The molecular formula is C21H23ClN4O2.